The monoisotopic (exact) mass is 139 g/mol. The first-order chi connectivity index (χ1) is 4.68. The molecule has 0 aliphatic heterocycles. The van der Waals surface area contributed by atoms with E-state index < -0.39 is 0 Å². The predicted octanol–water partition coefficient (Wildman–Crippen LogP) is 3.33. The summed E-state index contributed by atoms with van der Waals surface area (Å²) in [5, 5.41) is 0. The van der Waals surface area contributed by atoms with Crippen molar-refractivity contribution in [2.45, 2.75) is 53.4 Å². The Morgan fingerprint density at radius 1 is 1.00 bits per heavy atom. The van der Waals surface area contributed by atoms with Crippen LogP contribution in [-0.4, -0.2) is 14.0 Å². The average molecular weight is 139 g/mol. The van der Waals surface area contributed by atoms with Gasteiger partial charge in [-0.05, 0) is 0 Å². The van der Waals surface area contributed by atoms with E-state index in [4.69, 9.17) is 0 Å². The van der Waals surface area contributed by atoms with Gasteiger partial charge in [-0.15, -0.1) is 0 Å². The third-order valence-electron chi connectivity index (χ3n) is 1.39. The van der Waals surface area contributed by atoms with Crippen LogP contribution in [0, 0.1) is 0 Å². The predicted molar refractivity (Wildman–Crippen MR) is 54.7 cm³/mol. The zero-order valence-corrected chi connectivity index (χ0v) is 8.28. The first-order valence-corrected chi connectivity index (χ1v) is 4.50. The molecular formula is C8H21B2. The van der Waals surface area contributed by atoms with E-state index in [1.165, 1.54) is 19.0 Å². The molecule has 0 fully saturated rings. The van der Waals surface area contributed by atoms with Gasteiger partial charge in [0.25, 0.3) is 0 Å². The Kier molecular flexibility index (Phi) is 15.2. The molecule has 0 nitrogen and oxygen atoms in total. The number of rotatable bonds is 3. The zero-order valence-electron chi connectivity index (χ0n) is 8.28. The van der Waals surface area contributed by atoms with Crippen molar-refractivity contribution in [2.75, 3.05) is 0 Å². The van der Waals surface area contributed by atoms with Crippen LogP contribution in [0.4, 0.5) is 0 Å². The summed E-state index contributed by atoms with van der Waals surface area (Å²) in [6, 6.07) is 0. The fourth-order valence-corrected chi connectivity index (χ4v) is 0.289. The molecule has 0 saturated heterocycles. The third-order valence-corrected chi connectivity index (χ3v) is 1.39. The molecule has 0 bridgehead atoms. The highest BCUT2D eigenvalue weighted by atomic mass is 13.5. The lowest BCUT2D eigenvalue weighted by atomic mass is 9.53. The van der Waals surface area contributed by atoms with E-state index in [9.17, 15) is 0 Å². The van der Waals surface area contributed by atoms with Crippen LogP contribution in [0.15, 0.2) is 0 Å². The molecule has 0 aromatic carbocycles. The molecule has 0 saturated carbocycles. The topological polar surface area (TPSA) is 0 Å². The van der Waals surface area contributed by atoms with Crippen molar-refractivity contribution >= 4 is 14.0 Å². The largest absolute Gasteiger partial charge is 0.133 e. The molecule has 0 heterocycles. The first-order valence-electron chi connectivity index (χ1n) is 4.50. The number of hydrogen-bond acceptors (Lipinski definition) is 0. The third kappa shape index (κ3) is 24.2. The molecule has 0 spiro atoms. The fourth-order valence-electron chi connectivity index (χ4n) is 0.289. The van der Waals surface area contributed by atoms with Crippen molar-refractivity contribution in [3.8, 4) is 0 Å². The highest BCUT2D eigenvalue weighted by Crippen LogP contribution is 1.83. The fraction of sp³-hybridized carbons (Fsp3) is 1.00. The highest BCUT2D eigenvalue weighted by Gasteiger charge is 1.86. The van der Waals surface area contributed by atoms with Crippen molar-refractivity contribution in [2.24, 2.45) is 0 Å². The second-order valence-electron chi connectivity index (χ2n) is 2.91. The molecule has 0 aliphatic rings. The molecule has 0 N–H and O–H groups in total. The van der Waals surface area contributed by atoms with E-state index in [1.54, 1.807) is 0 Å². The summed E-state index contributed by atoms with van der Waals surface area (Å²) in [5.74, 6) is 0. The molecule has 10 heavy (non-hydrogen) atoms. The van der Waals surface area contributed by atoms with Gasteiger partial charge in [-0.3, -0.25) is 0 Å². The molecule has 59 valence electrons. The van der Waals surface area contributed by atoms with E-state index >= 15 is 0 Å². The summed E-state index contributed by atoms with van der Waals surface area (Å²) in [4.78, 5) is 0. The van der Waals surface area contributed by atoms with Crippen molar-refractivity contribution in [1.29, 1.82) is 0 Å². The van der Waals surface area contributed by atoms with Gasteiger partial charge in [0, 0.05) is 0 Å². The molecular weight excluding hydrogens is 118 g/mol. The lowest BCUT2D eigenvalue weighted by Crippen LogP contribution is -1.92. The maximum Gasteiger partial charge on any atom is 0.133 e. The van der Waals surface area contributed by atoms with Gasteiger partial charge in [0.15, 0.2) is 0 Å². The summed E-state index contributed by atoms with van der Waals surface area (Å²) in [7, 11) is 2.25. The summed E-state index contributed by atoms with van der Waals surface area (Å²) < 4.78 is 0. The summed E-state index contributed by atoms with van der Waals surface area (Å²) in [6.45, 7) is 11.8. The second-order valence-corrected chi connectivity index (χ2v) is 2.91. The molecule has 0 atom stereocenters. The van der Waals surface area contributed by atoms with Gasteiger partial charge in [0.05, 0.1) is 0 Å². The van der Waals surface area contributed by atoms with E-state index in [1.807, 2.05) is 0 Å². The lowest BCUT2D eigenvalue weighted by Gasteiger charge is -1.84. The van der Waals surface area contributed by atoms with Gasteiger partial charge in [0.1, 0.15) is 14.0 Å². The molecule has 0 aliphatic carbocycles. The lowest BCUT2D eigenvalue weighted by molar-refractivity contribution is 1.36. The molecule has 0 amide bonds. The quantitative estimate of drug-likeness (QED) is 0.526. The SMILES string of the molecule is CCB(C)C.CC[B]CC. The Hall–Kier alpha value is 0.130. The molecule has 2 heteroatoms. The Morgan fingerprint density at radius 2 is 1.30 bits per heavy atom. The van der Waals surface area contributed by atoms with Crippen molar-refractivity contribution in [3.63, 3.8) is 0 Å². The second kappa shape index (κ2) is 11.9. The van der Waals surface area contributed by atoms with Crippen LogP contribution < -0.4 is 0 Å². The minimum absolute atomic E-state index is 0.884. The Labute approximate surface area is 68.1 Å². The van der Waals surface area contributed by atoms with Crippen LogP contribution >= 0.6 is 0 Å². The van der Waals surface area contributed by atoms with Gasteiger partial charge in [-0.25, -0.2) is 0 Å². The van der Waals surface area contributed by atoms with Crippen molar-refractivity contribution in [1.82, 2.24) is 0 Å². The number of hydrogen-bond donors (Lipinski definition) is 0. The van der Waals surface area contributed by atoms with Gasteiger partial charge in [-0.2, -0.15) is 0 Å². The van der Waals surface area contributed by atoms with Crippen molar-refractivity contribution in [3.05, 3.63) is 0 Å². The highest BCUT2D eigenvalue weighted by molar-refractivity contribution is 6.55. The van der Waals surface area contributed by atoms with E-state index in [0.29, 0.717) is 0 Å². The van der Waals surface area contributed by atoms with Crippen molar-refractivity contribution < 1.29 is 0 Å². The molecule has 0 aromatic rings. The summed E-state index contributed by atoms with van der Waals surface area (Å²) >= 11 is 0. The Bertz CT molecular complexity index is 42.5. The zero-order chi connectivity index (χ0) is 8.41. The molecule has 1 radical (unpaired) electrons. The minimum Gasteiger partial charge on any atom is -0.0863 e. The Balaban J connectivity index is 0. The van der Waals surface area contributed by atoms with Crippen LogP contribution in [0.3, 0.4) is 0 Å². The smallest absolute Gasteiger partial charge is 0.0863 e. The van der Waals surface area contributed by atoms with Crippen LogP contribution in [0.5, 0.6) is 0 Å². The normalized spacial score (nSPS) is 7.70. The molecule has 0 unspecified atom stereocenters. The van der Waals surface area contributed by atoms with E-state index in [0.717, 1.165) is 6.71 Å². The van der Waals surface area contributed by atoms with Gasteiger partial charge in [-0.1, -0.05) is 53.4 Å². The van der Waals surface area contributed by atoms with Crippen LogP contribution in [0.2, 0.25) is 32.6 Å². The van der Waals surface area contributed by atoms with Crippen LogP contribution in [0.1, 0.15) is 20.8 Å². The average Bonchev–Trinajstić information content (AvgIpc) is 1.91. The maximum atomic E-state index is 2.25. The summed E-state index contributed by atoms with van der Waals surface area (Å²) in [5.41, 5.74) is 0. The van der Waals surface area contributed by atoms with E-state index in [2.05, 4.69) is 41.7 Å². The van der Waals surface area contributed by atoms with Gasteiger partial charge in [0.2, 0.25) is 0 Å². The molecule has 0 aromatic heterocycles. The first kappa shape index (κ1) is 12.8. The summed E-state index contributed by atoms with van der Waals surface area (Å²) in [6.07, 6.45) is 3.74. The van der Waals surface area contributed by atoms with E-state index in [-0.39, 0.29) is 0 Å². The standard InChI is InChI=1S/C4H11B.C4H10B/c1-4-5(2)3;1-3-5-4-2/h4H2,1-3H3;3-4H2,1-2H3. The Morgan fingerprint density at radius 3 is 1.30 bits per heavy atom. The minimum atomic E-state index is 0.884. The molecule has 0 rings (SSSR count). The van der Waals surface area contributed by atoms with Crippen LogP contribution in [-0.2, 0) is 0 Å². The van der Waals surface area contributed by atoms with Gasteiger partial charge < -0.3 is 0 Å². The maximum absolute atomic E-state index is 2.25. The van der Waals surface area contributed by atoms with Crippen LogP contribution in [0.25, 0.3) is 0 Å². The van der Waals surface area contributed by atoms with Gasteiger partial charge >= 0.3 is 0 Å².